The zero-order chi connectivity index (χ0) is 17.8. The first-order valence-electron chi connectivity index (χ1n) is 7.10. The van der Waals surface area contributed by atoms with Crippen LogP contribution in [-0.2, 0) is 11.2 Å². The van der Waals surface area contributed by atoms with Crippen molar-refractivity contribution in [3.8, 4) is 0 Å². The van der Waals surface area contributed by atoms with Gasteiger partial charge in [-0.05, 0) is 12.5 Å². The van der Waals surface area contributed by atoms with E-state index in [0.29, 0.717) is 18.3 Å². The maximum atomic E-state index is 11.3. The van der Waals surface area contributed by atoms with Crippen LogP contribution in [0.1, 0.15) is 22.8 Å². The Bertz CT molecular complexity index is 704. The highest BCUT2D eigenvalue weighted by molar-refractivity contribution is 6.45. The Morgan fingerprint density at radius 1 is 0.958 bits per heavy atom. The van der Waals surface area contributed by atoms with Crippen molar-refractivity contribution in [2.45, 2.75) is 13.3 Å². The number of hydrogen-bond donors (Lipinski definition) is 2. The number of Topliss-reactive ketones (excluding diaryl/α,β-unsaturated/α-hetero) is 1. The summed E-state index contributed by atoms with van der Waals surface area (Å²) in [5, 5.41) is 22.4. The second kappa shape index (κ2) is 10.4. The summed E-state index contributed by atoms with van der Waals surface area (Å²) in [4.78, 5) is 21.5. The SMILES string of the molecule is CC(=NO)C(=O)c1ccccc1.O=CC(Cc1ccccc1)=NO. The van der Waals surface area contributed by atoms with Crippen LogP contribution in [0.3, 0.4) is 0 Å². The van der Waals surface area contributed by atoms with E-state index >= 15 is 0 Å². The monoisotopic (exact) mass is 326 g/mol. The predicted octanol–water partition coefficient (Wildman–Crippen LogP) is 2.98. The molecule has 0 saturated carbocycles. The van der Waals surface area contributed by atoms with Crippen molar-refractivity contribution in [3.05, 3.63) is 71.8 Å². The highest BCUT2D eigenvalue weighted by Crippen LogP contribution is 2.01. The van der Waals surface area contributed by atoms with Gasteiger partial charge in [0, 0.05) is 12.0 Å². The summed E-state index contributed by atoms with van der Waals surface area (Å²) >= 11 is 0. The molecule has 0 aliphatic heterocycles. The fraction of sp³-hybridized carbons (Fsp3) is 0.111. The lowest BCUT2D eigenvalue weighted by atomic mass is 10.1. The van der Waals surface area contributed by atoms with Gasteiger partial charge in [0.05, 0.1) is 0 Å². The maximum absolute atomic E-state index is 11.3. The lowest BCUT2D eigenvalue weighted by Crippen LogP contribution is -2.09. The molecule has 0 unspecified atom stereocenters. The summed E-state index contributed by atoms with van der Waals surface area (Å²) in [6.45, 7) is 1.47. The average molecular weight is 326 g/mol. The van der Waals surface area contributed by atoms with E-state index in [4.69, 9.17) is 10.4 Å². The first kappa shape index (κ1) is 18.8. The minimum absolute atomic E-state index is 0.0983. The first-order valence-corrected chi connectivity index (χ1v) is 7.10. The van der Waals surface area contributed by atoms with Gasteiger partial charge in [0.15, 0.2) is 6.29 Å². The maximum Gasteiger partial charge on any atom is 0.210 e. The second-order valence-corrected chi connectivity index (χ2v) is 4.75. The van der Waals surface area contributed by atoms with Gasteiger partial charge in [-0.1, -0.05) is 71.0 Å². The molecule has 0 amide bonds. The number of rotatable bonds is 5. The molecule has 2 rings (SSSR count). The molecule has 24 heavy (non-hydrogen) atoms. The average Bonchev–Trinajstić information content (AvgIpc) is 2.66. The van der Waals surface area contributed by atoms with E-state index in [1.54, 1.807) is 24.3 Å². The van der Waals surface area contributed by atoms with Crippen LogP contribution in [0.4, 0.5) is 0 Å². The number of ketones is 1. The fourth-order valence-electron chi connectivity index (χ4n) is 1.75. The van der Waals surface area contributed by atoms with Crippen molar-refractivity contribution in [1.29, 1.82) is 0 Å². The molecular formula is C18H18N2O4. The highest BCUT2D eigenvalue weighted by Gasteiger charge is 2.08. The molecule has 124 valence electrons. The number of oxime groups is 2. The molecule has 0 aliphatic carbocycles. The largest absolute Gasteiger partial charge is 0.411 e. The Labute approximate surface area is 139 Å². The molecule has 0 saturated heterocycles. The normalized spacial score (nSPS) is 11.2. The van der Waals surface area contributed by atoms with E-state index in [9.17, 15) is 9.59 Å². The molecule has 0 radical (unpaired) electrons. The summed E-state index contributed by atoms with van der Waals surface area (Å²) in [5.41, 5.74) is 1.73. The Morgan fingerprint density at radius 3 is 1.96 bits per heavy atom. The van der Waals surface area contributed by atoms with Gasteiger partial charge in [-0.2, -0.15) is 0 Å². The fourth-order valence-corrected chi connectivity index (χ4v) is 1.75. The van der Waals surface area contributed by atoms with E-state index in [0.717, 1.165) is 5.56 Å². The Balaban J connectivity index is 0.000000240. The third kappa shape index (κ3) is 6.23. The van der Waals surface area contributed by atoms with Crippen molar-refractivity contribution >= 4 is 23.5 Å². The topological polar surface area (TPSA) is 99.3 Å². The van der Waals surface area contributed by atoms with Gasteiger partial charge >= 0.3 is 0 Å². The van der Waals surface area contributed by atoms with Crippen molar-refractivity contribution < 1.29 is 20.0 Å². The quantitative estimate of drug-likeness (QED) is 0.290. The van der Waals surface area contributed by atoms with E-state index < -0.39 is 0 Å². The van der Waals surface area contributed by atoms with Crippen LogP contribution in [0.5, 0.6) is 0 Å². The number of nitrogens with zero attached hydrogens (tertiary/aromatic N) is 2. The van der Waals surface area contributed by atoms with Gasteiger partial charge in [0.1, 0.15) is 11.4 Å². The number of hydrogen-bond acceptors (Lipinski definition) is 6. The lowest BCUT2D eigenvalue weighted by Gasteiger charge is -1.96. The molecule has 2 aromatic carbocycles. The molecule has 6 nitrogen and oxygen atoms in total. The second-order valence-electron chi connectivity index (χ2n) is 4.75. The van der Waals surface area contributed by atoms with Crippen LogP contribution < -0.4 is 0 Å². The molecule has 0 aliphatic rings. The first-order chi connectivity index (χ1) is 11.6. The number of benzene rings is 2. The number of carbonyl (C=O) groups excluding carboxylic acids is 2. The van der Waals surface area contributed by atoms with Crippen LogP contribution in [0.2, 0.25) is 0 Å². The molecule has 2 N–H and O–H groups in total. The highest BCUT2D eigenvalue weighted by atomic mass is 16.4. The van der Waals surface area contributed by atoms with Gasteiger partial charge < -0.3 is 10.4 Å². The standard InChI is InChI=1S/2C9H9NO2/c1-7(10-12)9(11)8-5-3-2-4-6-8;11-7-9(10-12)6-8-4-2-1-3-5-8/h2-6,12H,1H3;1-5,7,12H,6H2. The molecule has 0 fully saturated rings. The molecule has 6 heteroatoms. The Kier molecular flexibility index (Phi) is 8.17. The van der Waals surface area contributed by atoms with Crippen LogP contribution in [0.25, 0.3) is 0 Å². The van der Waals surface area contributed by atoms with E-state index in [2.05, 4.69) is 10.3 Å². The summed E-state index contributed by atoms with van der Waals surface area (Å²) in [6, 6.07) is 18.1. The lowest BCUT2D eigenvalue weighted by molar-refractivity contribution is -0.102. The molecule has 0 atom stereocenters. The van der Waals surface area contributed by atoms with Gasteiger partial charge in [-0.3, -0.25) is 9.59 Å². The van der Waals surface area contributed by atoms with E-state index in [1.807, 2.05) is 36.4 Å². The van der Waals surface area contributed by atoms with Gasteiger partial charge in [0.25, 0.3) is 0 Å². The minimum Gasteiger partial charge on any atom is -0.411 e. The van der Waals surface area contributed by atoms with E-state index in [-0.39, 0.29) is 17.2 Å². The Morgan fingerprint density at radius 2 is 1.50 bits per heavy atom. The van der Waals surface area contributed by atoms with Crippen molar-refractivity contribution in [2.24, 2.45) is 10.3 Å². The van der Waals surface area contributed by atoms with Crippen LogP contribution in [0.15, 0.2) is 71.0 Å². The van der Waals surface area contributed by atoms with Crippen molar-refractivity contribution in [2.75, 3.05) is 0 Å². The van der Waals surface area contributed by atoms with Crippen LogP contribution >= 0.6 is 0 Å². The van der Waals surface area contributed by atoms with Gasteiger partial charge in [-0.15, -0.1) is 0 Å². The summed E-state index contributed by atoms with van der Waals surface area (Å²) in [7, 11) is 0. The third-order valence-electron chi connectivity index (χ3n) is 3.01. The molecule has 0 aromatic heterocycles. The predicted molar refractivity (Wildman–Crippen MR) is 91.1 cm³/mol. The Hall–Kier alpha value is -3.28. The summed E-state index contributed by atoms with van der Waals surface area (Å²) in [6.07, 6.45) is 0.924. The summed E-state index contributed by atoms with van der Waals surface area (Å²) in [5.74, 6) is -0.252. The molecule has 2 aromatic rings. The molecule has 0 spiro atoms. The van der Waals surface area contributed by atoms with Crippen molar-refractivity contribution in [3.63, 3.8) is 0 Å². The van der Waals surface area contributed by atoms with Crippen LogP contribution in [-0.4, -0.2) is 33.9 Å². The number of aldehydes is 1. The summed E-state index contributed by atoms with van der Waals surface area (Å²) < 4.78 is 0. The van der Waals surface area contributed by atoms with Crippen LogP contribution in [0, 0.1) is 0 Å². The zero-order valence-electron chi connectivity index (χ0n) is 13.2. The minimum atomic E-state index is -0.252. The van der Waals surface area contributed by atoms with Crippen molar-refractivity contribution in [1.82, 2.24) is 0 Å². The number of carbonyl (C=O) groups is 2. The van der Waals surface area contributed by atoms with E-state index in [1.165, 1.54) is 6.92 Å². The van der Waals surface area contributed by atoms with Gasteiger partial charge in [0.2, 0.25) is 5.78 Å². The molecular weight excluding hydrogens is 308 g/mol. The smallest absolute Gasteiger partial charge is 0.210 e. The molecule has 0 heterocycles. The third-order valence-corrected chi connectivity index (χ3v) is 3.01. The van der Waals surface area contributed by atoms with Gasteiger partial charge in [-0.25, -0.2) is 0 Å². The zero-order valence-corrected chi connectivity index (χ0v) is 13.2. The molecule has 0 bridgehead atoms.